The second-order valence-electron chi connectivity index (χ2n) is 4.34. The lowest BCUT2D eigenvalue weighted by Gasteiger charge is -2.04. The summed E-state index contributed by atoms with van der Waals surface area (Å²) in [5.74, 6) is 0.370. The van der Waals surface area contributed by atoms with Gasteiger partial charge in [0.1, 0.15) is 0 Å². The van der Waals surface area contributed by atoms with E-state index in [1.54, 1.807) is 6.08 Å². The Labute approximate surface area is 98.2 Å². The van der Waals surface area contributed by atoms with Gasteiger partial charge in [0.2, 0.25) is 0 Å². The summed E-state index contributed by atoms with van der Waals surface area (Å²) < 4.78 is 0. The fraction of sp³-hybridized carbons (Fsp3) is 0.400. The molecule has 0 aromatic heterocycles. The zero-order chi connectivity index (χ0) is 12.0. The van der Waals surface area contributed by atoms with Crippen molar-refractivity contribution in [2.24, 2.45) is 5.92 Å². The predicted molar refractivity (Wildman–Crippen MR) is 69.3 cm³/mol. The van der Waals surface area contributed by atoms with Gasteiger partial charge in [0.25, 0.3) is 0 Å². The molecule has 0 heterocycles. The molecule has 0 saturated carbocycles. The molecule has 0 spiro atoms. The Kier molecular flexibility index (Phi) is 4.97. The molecule has 1 unspecified atom stereocenters. The molecule has 0 bridgehead atoms. The first-order chi connectivity index (χ1) is 7.63. The third-order valence-electron chi connectivity index (χ3n) is 2.72. The largest absolute Gasteiger partial charge is 0.295 e. The number of allylic oxidation sites excluding steroid dienone is 1. The second-order valence-corrected chi connectivity index (χ2v) is 4.34. The highest BCUT2D eigenvalue weighted by molar-refractivity contribution is 5.95. The summed E-state index contributed by atoms with van der Waals surface area (Å²) in [5.41, 5.74) is 2.32. The van der Waals surface area contributed by atoms with E-state index in [1.807, 2.05) is 25.1 Å². The molecule has 1 heteroatoms. The Morgan fingerprint density at radius 2 is 1.94 bits per heavy atom. The third kappa shape index (κ3) is 4.01. The van der Waals surface area contributed by atoms with E-state index in [0.29, 0.717) is 0 Å². The standard InChI is InChI=1S/C15H20O/c1-4-5-13(3)15(16)11-10-14-8-6-12(2)7-9-14/h6-11,13H,4-5H2,1-3H3/b11-10+. The number of carbonyl (C=O) groups excluding carboxylic acids is 1. The number of rotatable bonds is 5. The van der Waals surface area contributed by atoms with Crippen LogP contribution in [0.5, 0.6) is 0 Å². The Bertz CT molecular complexity index is 360. The summed E-state index contributed by atoms with van der Waals surface area (Å²) in [6.45, 7) is 6.15. The average molecular weight is 216 g/mol. The lowest BCUT2D eigenvalue weighted by atomic mass is 10.00. The minimum absolute atomic E-state index is 0.145. The number of aryl methyl sites for hydroxylation is 1. The molecule has 0 amide bonds. The minimum Gasteiger partial charge on any atom is -0.295 e. The molecule has 1 rings (SSSR count). The van der Waals surface area contributed by atoms with Crippen LogP contribution < -0.4 is 0 Å². The van der Waals surface area contributed by atoms with Crippen LogP contribution in [0.3, 0.4) is 0 Å². The van der Waals surface area contributed by atoms with Gasteiger partial charge in [-0.3, -0.25) is 4.79 Å². The Hall–Kier alpha value is -1.37. The van der Waals surface area contributed by atoms with Crippen LogP contribution in [0.1, 0.15) is 37.8 Å². The van der Waals surface area contributed by atoms with Crippen molar-refractivity contribution in [2.75, 3.05) is 0 Å². The topological polar surface area (TPSA) is 17.1 Å². The van der Waals surface area contributed by atoms with Gasteiger partial charge in [0.05, 0.1) is 0 Å². The van der Waals surface area contributed by atoms with Crippen LogP contribution in [0.15, 0.2) is 30.3 Å². The molecule has 1 aromatic carbocycles. The average Bonchev–Trinajstić information content (AvgIpc) is 2.28. The first kappa shape index (κ1) is 12.7. The van der Waals surface area contributed by atoms with Crippen molar-refractivity contribution in [3.05, 3.63) is 41.5 Å². The van der Waals surface area contributed by atoms with E-state index in [2.05, 4.69) is 26.0 Å². The van der Waals surface area contributed by atoms with Gasteiger partial charge in [0.15, 0.2) is 5.78 Å². The van der Waals surface area contributed by atoms with Gasteiger partial charge in [0, 0.05) is 5.92 Å². The van der Waals surface area contributed by atoms with E-state index < -0.39 is 0 Å². The van der Waals surface area contributed by atoms with E-state index in [9.17, 15) is 4.79 Å². The van der Waals surface area contributed by atoms with Gasteiger partial charge >= 0.3 is 0 Å². The van der Waals surface area contributed by atoms with E-state index in [1.165, 1.54) is 5.56 Å². The molecule has 86 valence electrons. The summed E-state index contributed by atoms with van der Waals surface area (Å²) >= 11 is 0. The van der Waals surface area contributed by atoms with Crippen molar-refractivity contribution >= 4 is 11.9 Å². The Balaban J connectivity index is 2.59. The number of carbonyl (C=O) groups is 1. The number of benzene rings is 1. The normalized spacial score (nSPS) is 12.9. The van der Waals surface area contributed by atoms with Gasteiger partial charge in [-0.2, -0.15) is 0 Å². The highest BCUT2D eigenvalue weighted by Gasteiger charge is 2.07. The van der Waals surface area contributed by atoms with Crippen LogP contribution in [0.4, 0.5) is 0 Å². The van der Waals surface area contributed by atoms with Crippen molar-refractivity contribution in [3.63, 3.8) is 0 Å². The minimum atomic E-state index is 0.145. The maximum atomic E-state index is 11.7. The van der Waals surface area contributed by atoms with Crippen LogP contribution >= 0.6 is 0 Å². The maximum absolute atomic E-state index is 11.7. The van der Waals surface area contributed by atoms with Crippen molar-refractivity contribution in [2.45, 2.75) is 33.6 Å². The van der Waals surface area contributed by atoms with Crippen LogP contribution in [-0.4, -0.2) is 5.78 Å². The van der Waals surface area contributed by atoms with Gasteiger partial charge in [-0.15, -0.1) is 0 Å². The number of hydrogen-bond donors (Lipinski definition) is 0. The molecule has 0 aliphatic heterocycles. The maximum Gasteiger partial charge on any atom is 0.158 e. The Morgan fingerprint density at radius 3 is 2.50 bits per heavy atom. The molecule has 0 N–H and O–H groups in total. The van der Waals surface area contributed by atoms with Crippen molar-refractivity contribution in [1.29, 1.82) is 0 Å². The van der Waals surface area contributed by atoms with Crippen molar-refractivity contribution in [1.82, 2.24) is 0 Å². The molecule has 1 nitrogen and oxygen atoms in total. The fourth-order valence-corrected chi connectivity index (χ4v) is 1.60. The monoisotopic (exact) mass is 216 g/mol. The highest BCUT2D eigenvalue weighted by atomic mass is 16.1. The van der Waals surface area contributed by atoms with Crippen LogP contribution in [0.2, 0.25) is 0 Å². The fourth-order valence-electron chi connectivity index (χ4n) is 1.60. The predicted octanol–water partition coefficient (Wildman–Crippen LogP) is 4.01. The van der Waals surface area contributed by atoms with Crippen molar-refractivity contribution < 1.29 is 4.79 Å². The second kappa shape index (κ2) is 6.26. The molecular formula is C15H20O. The zero-order valence-corrected chi connectivity index (χ0v) is 10.4. The summed E-state index contributed by atoms with van der Waals surface area (Å²) in [6, 6.07) is 8.17. The molecule has 0 fully saturated rings. The van der Waals surface area contributed by atoms with Crippen LogP contribution in [0.25, 0.3) is 6.08 Å². The zero-order valence-electron chi connectivity index (χ0n) is 10.4. The molecular weight excluding hydrogens is 196 g/mol. The molecule has 1 atom stereocenters. The summed E-state index contributed by atoms with van der Waals surface area (Å²) in [7, 11) is 0. The quantitative estimate of drug-likeness (QED) is 0.679. The van der Waals surface area contributed by atoms with Gasteiger partial charge in [-0.25, -0.2) is 0 Å². The molecule has 0 radical (unpaired) electrons. The SMILES string of the molecule is CCCC(C)C(=O)/C=C/c1ccc(C)cc1. The molecule has 0 aliphatic carbocycles. The molecule has 1 aromatic rings. The van der Waals surface area contributed by atoms with Crippen LogP contribution in [0, 0.1) is 12.8 Å². The van der Waals surface area contributed by atoms with Gasteiger partial charge < -0.3 is 0 Å². The Morgan fingerprint density at radius 1 is 1.31 bits per heavy atom. The lowest BCUT2D eigenvalue weighted by molar-refractivity contribution is -0.117. The van der Waals surface area contributed by atoms with Gasteiger partial charge in [-0.1, -0.05) is 56.2 Å². The summed E-state index contributed by atoms with van der Waals surface area (Å²) in [4.78, 5) is 11.7. The summed E-state index contributed by atoms with van der Waals surface area (Å²) in [6.07, 6.45) is 5.63. The lowest BCUT2D eigenvalue weighted by Crippen LogP contribution is -2.06. The van der Waals surface area contributed by atoms with E-state index in [-0.39, 0.29) is 11.7 Å². The third-order valence-corrected chi connectivity index (χ3v) is 2.72. The molecule has 16 heavy (non-hydrogen) atoms. The molecule has 0 aliphatic rings. The first-order valence-corrected chi connectivity index (χ1v) is 5.92. The van der Waals surface area contributed by atoms with Gasteiger partial charge in [-0.05, 0) is 25.0 Å². The van der Waals surface area contributed by atoms with E-state index in [4.69, 9.17) is 0 Å². The van der Waals surface area contributed by atoms with E-state index >= 15 is 0 Å². The first-order valence-electron chi connectivity index (χ1n) is 5.92. The smallest absolute Gasteiger partial charge is 0.158 e. The van der Waals surface area contributed by atoms with Crippen molar-refractivity contribution in [3.8, 4) is 0 Å². The highest BCUT2D eigenvalue weighted by Crippen LogP contribution is 2.09. The number of hydrogen-bond acceptors (Lipinski definition) is 1. The summed E-state index contributed by atoms with van der Waals surface area (Å²) in [5, 5.41) is 0. The molecule has 0 saturated heterocycles. The number of ketones is 1. The van der Waals surface area contributed by atoms with Crippen LogP contribution in [-0.2, 0) is 4.79 Å². The van der Waals surface area contributed by atoms with E-state index in [0.717, 1.165) is 18.4 Å².